The number of hydrogen-bond donors (Lipinski definition) is 1. The molecule has 0 aromatic carbocycles. The van der Waals surface area contributed by atoms with Crippen LogP contribution >= 0.6 is 11.8 Å². The third-order valence-electron chi connectivity index (χ3n) is 4.49. The molecule has 23 heavy (non-hydrogen) atoms. The molecule has 0 unspecified atom stereocenters. The highest BCUT2D eigenvalue weighted by molar-refractivity contribution is 8.00. The Labute approximate surface area is 145 Å². The number of carbonyl (C=O) groups excluding carboxylic acids is 1. The molecule has 0 atom stereocenters. The predicted molar refractivity (Wildman–Crippen MR) is 97.2 cm³/mol. The number of ether oxygens (including phenoxy) is 1. The molecule has 0 saturated carbocycles. The number of thioether (sulfide) groups is 1. The van der Waals surface area contributed by atoms with Crippen molar-refractivity contribution in [1.29, 1.82) is 0 Å². The molecule has 2 aliphatic heterocycles. The van der Waals surface area contributed by atoms with Crippen LogP contribution in [0.4, 0.5) is 4.79 Å². The predicted octanol–water partition coefficient (Wildman–Crippen LogP) is 2.41. The van der Waals surface area contributed by atoms with Gasteiger partial charge in [-0.3, -0.25) is 0 Å². The largest absolute Gasteiger partial charge is 0.377 e. The van der Waals surface area contributed by atoms with Gasteiger partial charge in [-0.15, -0.1) is 0 Å². The first-order chi connectivity index (χ1) is 10.9. The fourth-order valence-corrected chi connectivity index (χ4v) is 4.29. The number of rotatable bonds is 5. The average Bonchev–Trinajstić information content (AvgIpc) is 2.47. The van der Waals surface area contributed by atoms with Crippen LogP contribution in [0.15, 0.2) is 0 Å². The summed E-state index contributed by atoms with van der Waals surface area (Å²) in [6, 6.07) is 0.447. The van der Waals surface area contributed by atoms with Gasteiger partial charge in [-0.05, 0) is 40.5 Å². The smallest absolute Gasteiger partial charge is 0.317 e. The molecule has 0 aromatic heterocycles. The number of carbonyl (C=O) groups is 1. The lowest BCUT2D eigenvalue weighted by Crippen LogP contribution is -2.54. The van der Waals surface area contributed by atoms with Gasteiger partial charge in [-0.2, -0.15) is 11.8 Å². The van der Waals surface area contributed by atoms with E-state index in [0.717, 1.165) is 57.9 Å². The highest BCUT2D eigenvalue weighted by atomic mass is 32.2. The third-order valence-corrected chi connectivity index (χ3v) is 5.78. The van der Waals surface area contributed by atoms with E-state index in [1.165, 1.54) is 0 Å². The van der Waals surface area contributed by atoms with Crippen molar-refractivity contribution in [3.63, 3.8) is 0 Å². The molecule has 0 radical (unpaired) electrons. The Bertz CT molecular complexity index is 382. The topological polar surface area (TPSA) is 44.8 Å². The van der Waals surface area contributed by atoms with Gasteiger partial charge in [0, 0.05) is 49.3 Å². The maximum absolute atomic E-state index is 12.5. The fourth-order valence-electron chi connectivity index (χ4n) is 3.17. The molecule has 0 aliphatic carbocycles. The first-order valence-corrected chi connectivity index (χ1v) is 9.88. The molecule has 2 saturated heterocycles. The summed E-state index contributed by atoms with van der Waals surface area (Å²) in [5.41, 5.74) is 0. The normalized spacial score (nSPS) is 23.3. The number of piperidine rings is 1. The lowest BCUT2D eigenvalue weighted by atomic mass is 10.1. The summed E-state index contributed by atoms with van der Waals surface area (Å²) in [4.78, 5) is 16.9. The number of nitrogens with zero attached hydrogens (tertiary/aromatic N) is 2. The minimum absolute atomic E-state index is 0.125. The van der Waals surface area contributed by atoms with Crippen molar-refractivity contribution in [2.45, 2.75) is 57.4 Å². The van der Waals surface area contributed by atoms with E-state index >= 15 is 0 Å². The van der Waals surface area contributed by atoms with E-state index in [1.54, 1.807) is 0 Å². The van der Waals surface area contributed by atoms with Gasteiger partial charge in [-0.25, -0.2) is 4.79 Å². The van der Waals surface area contributed by atoms with Gasteiger partial charge in [-0.1, -0.05) is 0 Å². The molecule has 2 amide bonds. The second-order valence-corrected chi connectivity index (χ2v) is 9.32. The molecular formula is C17H33N3O2S. The van der Waals surface area contributed by atoms with Gasteiger partial charge < -0.3 is 19.9 Å². The van der Waals surface area contributed by atoms with Crippen molar-refractivity contribution in [1.82, 2.24) is 15.1 Å². The van der Waals surface area contributed by atoms with Gasteiger partial charge in [0.1, 0.15) is 0 Å². The number of nitrogens with one attached hydrogen (secondary N) is 1. The van der Waals surface area contributed by atoms with Crippen molar-refractivity contribution < 1.29 is 9.53 Å². The number of amides is 2. The molecule has 5 nitrogen and oxygen atoms in total. The average molecular weight is 344 g/mol. The minimum Gasteiger partial charge on any atom is -0.377 e. The van der Waals surface area contributed by atoms with Crippen LogP contribution in [0.3, 0.4) is 0 Å². The molecule has 2 fully saturated rings. The highest BCUT2D eigenvalue weighted by Crippen LogP contribution is 2.29. The lowest BCUT2D eigenvalue weighted by molar-refractivity contribution is 0.0527. The van der Waals surface area contributed by atoms with Crippen LogP contribution in [0.25, 0.3) is 0 Å². The maximum atomic E-state index is 12.5. The van der Waals surface area contributed by atoms with E-state index in [2.05, 4.69) is 37.9 Å². The first-order valence-electron chi connectivity index (χ1n) is 8.89. The highest BCUT2D eigenvalue weighted by Gasteiger charge is 2.31. The Morgan fingerprint density at radius 2 is 2.00 bits per heavy atom. The summed E-state index contributed by atoms with van der Waals surface area (Å²) in [6.45, 7) is 14.2. The van der Waals surface area contributed by atoms with Crippen LogP contribution in [-0.2, 0) is 4.74 Å². The third kappa shape index (κ3) is 6.51. The summed E-state index contributed by atoms with van der Waals surface area (Å²) in [5, 5.41) is 3.24. The van der Waals surface area contributed by atoms with Gasteiger partial charge >= 0.3 is 6.03 Å². The summed E-state index contributed by atoms with van der Waals surface area (Å²) >= 11 is 1.96. The van der Waals surface area contributed by atoms with Crippen LogP contribution in [0.1, 0.15) is 40.5 Å². The summed E-state index contributed by atoms with van der Waals surface area (Å²) in [7, 11) is 0. The van der Waals surface area contributed by atoms with E-state index in [1.807, 2.05) is 16.7 Å². The van der Waals surface area contributed by atoms with Crippen LogP contribution in [-0.4, -0.2) is 77.8 Å². The summed E-state index contributed by atoms with van der Waals surface area (Å²) in [6.07, 6.45) is 2.39. The Morgan fingerprint density at radius 3 is 2.61 bits per heavy atom. The summed E-state index contributed by atoms with van der Waals surface area (Å²) < 4.78 is 5.79. The van der Waals surface area contributed by atoms with Crippen molar-refractivity contribution in [2.75, 3.05) is 45.1 Å². The Morgan fingerprint density at radius 1 is 1.30 bits per heavy atom. The molecule has 0 spiro atoms. The molecule has 1 N–H and O–H groups in total. The molecule has 2 heterocycles. The lowest BCUT2D eigenvalue weighted by Gasteiger charge is -2.39. The van der Waals surface area contributed by atoms with E-state index in [4.69, 9.17) is 4.74 Å². The monoisotopic (exact) mass is 343 g/mol. The zero-order chi connectivity index (χ0) is 16.9. The van der Waals surface area contributed by atoms with E-state index < -0.39 is 0 Å². The minimum atomic E-state index is 0.125. The Kier molecular flexibility index (Phi) is 7.04. The van der Waals surface area contributed by atoms with E-state index in [9.17, 15) is 4.79 Å². The Hall–Kier alpha value is -0.460. The zero-order valence-electron chi connectivity index (χ0n) is 15.1. The van der Waals surface area contributed by atoms with Crippen molar-refractivity contribution in [3.8, 4) is 0 Å². The molecule has 0 aromatic rings. The molecular weight excluding hydrogens is 310 g/mol. The van der Waals surface area contributed by atoms with Gasteiger partial charge in [0.25, 0.3) is 0 Å². The van der Waals surface area contributed by atoms with Crippen LogP contribution < -0.4 is 5.32 Å². The molecule has 6 heteroatoms. The van der Waals surface area contributed by atoms with Crippen LogP contribution in [0.2, 0.25) is 0 Å². The van der Waals surface area contributed by atoms with Crippen molar-refractivity contribution in [3.05, 3.63) is 0 Å². The van der Waals surface area contributed by atoms with Gasteiger partial charge in [0.05, 0.1) is 12.7 Å². The second-order valence-electron chi connectivity index (χ2n) is 7.51. The molecule has 2 rings (SSSR count). The SMILES string of the molecule is CC(C)OCCN1CCC(NC(=O)N2CCSC(C)(C)C2)CC1. The first kappa shape index (κ1) is 18.9. The Balaban J connectivity index is 1.66. The standard InChI is InChI=1S/C17H33N3O2S/c1-14(2)22-11-9-19-7-5-15(6-8-19)18-16(21)20-10-12-23-17(3,4)13-20/h14-15H,5-13H2,1-4H3,(H,18,21). The quantitative estimate of drug-likeness (QED) is 0.833. The van der Waals surface area contributed by atoms with Gasteiger partial charge in [0.15, 0.2) is 0 Å². The second kappa shape index (κ2) is 8.58. The number of urea groups is 1. The fraction of sp³-hybridized carbons (Fsp3) is 0.941. The van der Waals surface area contributed by atoms with E-state index in [-0.39, 0.29) is 10.8 Å². The van der Waals surface area contributed by atoms with Crippen LogP contribution in [0.5, 0.6) is 0 Å². The molecule has 134 valence electrons. The molecule has 0 bridgehead atoms. The number of likely N-dealkylation sites (tertiary alicyclic amines) is 1. The van der Waals surface area contributed by atoms with Crippen LogP contribution in [0, 0.1) is 0 Å². The van der Waals surface area contributed by atoms with Crippen molar-refractivity contribution in [2.24, 2.45) is 0 Å². The van der Waals surface area contributed by atoms with Crippen molar-refractivity contribution >= 4 is 17.8 Å². The number of hydrogen-bond acceptors (Lipinski definition) is 4. The molecule has 2 aliphatic rings. The summed E-state index contributed by atoms with van der Waals surface area (Å²) in [5.74, 6) is 1.04. The van der Waals surface area contributed by atoms with Gasteiger partial charge in [0.2, 0.25) is 0 Å². The maximum Gasteiger partial charge on any atom is 0.317 e. The van der Waals surface area contributed by atoms with E-state index in [0.29, 0.717) is 12.1 Å². The zero-order valence-corrected chi connectivity index (χ0v) is 16.0.